The number of hydrogen-bond donors (Lipinski definition) is 1. The summed E-state index contributed by atoms with van der Waals surface area (Å²) >= 11 is 0. The summed E-state index contributed by atoms with van der Waals surface area (Å²) in [6.07, 6.45) is 8.07. The molecule has 0 radical (unpaired) electrons. The van der Waals surface area contributed by atoms with Crippen molar-refractivity contribution in [1.29, 1.82) is 0 Å². The third kappa shape index (κ3) is 2.98. The Bertz CT molecular complexity index is 533. The van der Waals surface area contributed by atoms with Crippen molar-refractivity contribution in [3.05, 3.63) is 30.3 Å². The van der Waals surface area contributed by atoms with Crippen LogP contribution in [-0.4, -0.2) is 17.6 Å². The van der Waals surface area contributed by atoms with E-state index in [2.05, 4.69) is 5.32 Å². The van der Waals surface area contributed by atoms with Gasteiger partial charge >= 0.3 is 0 Å². The Morgan fingerprint density at radius 3 is 2.22 bits per heavy atom. The second kappa shape index (κ2) is 5.85. The van der Waals surface area contributed by atoms with Crippen molar-refractivity contribution in [2.24, 2.45) is 17.8 Å². The summed E-state index contributed by atoms with van der Waals surface area (Å²) < 4.78 is 5.93. The molecule has 1 N–H and O–H groups in total. The van der Waals surface area contributed by atoms with Crippen molar-refractivity contribution in [3.63, 3.8) is 0 Å². The minimum absolute atomic E-state index is 0.0688. The number of ether oxygens (including phenoxy) is 1. The van der Waals surface area contributed by atoms with Gasteiger partial charge in [-0.15, -0.1) is 0 Å². The molecule has 0 aliphatic heterocycles. The second-order valence-electron chi connectivity index (χ2n) is 8.01. The maximum atomic E-state index is 12.8. The normalized spacial score (nSPS) is 35.8. The van der Waals surface area contributed by atoms with E-state index in [0.29, 0.717) is 6.42 Å². The van der Waals surface area contributed by atoms with Gasteiger partial charge < -0.3 is 10.1 Å². The topological polar surface area (TPSA) is 38.3 Å². The fraction of sp³-hybridized carbons (Fsp3) is 0.650. The predicted octanol–water partition coefficient (Wildman–Crippen LogP) is 3.93. The zero-order valence-corrected chi connectivity index (χ0v) is 14.0. The largest absolute Gasteiger partial charge is 0.481 e. The average Bonchev–Trinajstić information content (AvgIpc) is 2.51. The molecule has 0 saturated heterocycles. The Hall–Kier alpha value is -1.51. The van der Waals surface area contributed by atoms with Crippen molar-refractivity contribution < 1.29 is 9.53 Å². The predicted molar refractivity (Wildman–Crippen MR) is 90.2 cm³/mol. The Labute approximate surface area is 138 Å². The molecule has 4 saturated carbocycles. The van der Waals surface area contributed by atoms with Gasteiger partial charge in [0.1, 0.15) is 5.75 Å². The van der Waals surface area contributed by atoms with Crippen LogP contribution in [0.2, 0.25) is 0 Å². The summed E-state index contributed by atoms with van der Waals surface area (Å²) in [4.78, 5) is 12.8. The number of amides is 1. The number of nitrogens with one attached hydrogen (secondary N) is 1. The van der Waals surface area contributed by atoms with Crippen LogP contribution in [-0.2, 0) is 4.79 Å². The van der Waals surface area contributed by atoms with E-state index in [4.69, 9.17) is 4.74 Å². The maximum Gasteiger partial charge on any atom is 0.261 e. The Morgan fingerprint density at radius 1 is 1.13 bits per heavy atom. The molecule has 4 aliphatic carbocycles. The van der Waals surface area contributed by atoms with Gasteiger partial charge in [-0.1, -0.05) is 25.1 Å². The highest BCUT2D eigenvalue weighted by atomic mass is 16.5. The lowest BCUT2D eigenvalue weighted by Gasteiger charge is -2.57. The third-order valence-corrected chi connectivity index (χ3v) is 6.11. The standard InChI is InChI=1S/C20H27NO2/c1-2-18(23-17-6-4-3-5-7-17)19(22)21-20-11-14-8-15(12-20)10-16(9-14)13-20/h3-7,14-16,18H,2,8-13H2,1H3,(H,21,22). The number of rotatable bonds is 5. The van der Waals surface area contributed by atoms with Crippen LogP contribution < -0.4 is 10.1 Å². The third-order valence-electron chi connectivity index (χ3n) is 6.11. The van der Waals surface area contributed by atoms with Crippen molar-refractivity contribution >= 4 is 5.91 Å². The highest BCUT2D eigenvalue weighted by Gasteiger charge is 2.51. The molecule has 0 spiro atoms. The van der Waals surface area contributed by atoms with Crippen LogP contribution in [0.3, 0.4) is 0 Å². The molecule has 0 heterocycles. The number of para-hydroxylation sites is 1. The fourth-order valence-electron chi connectivity index (χ4n) is 5.59. The Kier molecular flexibility index (Phi) is 3.82. The first-order valence-corrected chi connectivity index (χ1v) is 9.19. The van der Waals surface area contributed by atoms with Crippen LogP contribution in [0.15, 0.2) is 30.3 Å². The van der Waals surface area contributed by atoms with E-state index in [1.165, 1.54) is 38.5 Å². The lowest BCUT2D eigenvalue weighted by atomic mass is 9.53. The summed E-state index contributed by atoms with van der Waals surface area (Å²) in [5, 5.41) is 3.43. The Morgan fingerprint density at radius 2 is 1.70 bits per heavy atom. The molecule has 4 aliphatic rings. The van der Waals surface area contributed by atoms with Gasteiger partial charge in [0.05, 0.1) is 0 Å². The molecule has 4 bridgehead atoms. The first-order chi connectivity index (χ1) is 11.2. The van der Waals surface area contributed by atoms with Crippen LogP contribution in [0.4, 0.5) is 0 Å². The van der Waals surface area contributed by atoms with E-state index in [1.54, 1.807) is 0 Å². The minimum atomic E-state index is -0.384. The molecule has 1 amide bonds. The summed E-state index contributed by atoms with van der Waals surface area (Å²) in [6.45, 7) is 2.02. The SMILES string of the molecule is CCC(Oc1ccccc1)C(=O)NC12CC3CC(CC(C3)C1)C2. The fourth-order valence-corrected chi connectivity index (χ4v) is 5.59. The van der Waals surface area contributed by atoms with Crippen molar-refractivity contribution in [2.75, 3.05) is 0 Å². The molecular formula is C20H27NO2. The van der Waals surface area contributed by atoms with Gasteiger partial charge in [0, 0.05) is 5.54 Å². The minimum Gasteiger partial charge on any atom is -0.481 e. The zero-order chi connectivity index (χ0) is 15.9. The van der Waals surface area contributed by atoms with E-state index >= 15 is 0 Å². The van der Waals surface area contributed by atoms with Crippen molar-refractivity contribution in [3.8, 4) is 5.75 Å². The number of benzene rings is 1. The quantitative estimate of drug-likeness (QED) is 0.894. The molecule has 5 rings (SSSR count). The average molecular weight is 313 g/mol. The van der Waals surface area contributed by atoms with Crippen LogP contribution in [0.25, 0.3) is 0 Å². The lowest BCUT2D eigenvalue weighted by molar-refractivity contribution is -0.134. The van der Waals surface area contributed by atoms with E-state index in [0.717, 1.165) is 23.5 Å². The first kappa shape index (κ1) is 15.0. The van der Waals surface area contributed by atoms with E-state index < -0.39 is 0 Å². The van der Waals surface area contributed by atoms with Gasteiger partial charge in [-0.2, -0.15) is 0 Å². The number of carbonyl (C=O) groups is 1. The van der Waals surface area contributed by atoms with Crippen molar-refractivity contribution in [2.45, 2.75) is 63.5 Å². The molecular weight excluding hydrogens is 286 g/mol. The molecule has 1 aromatic rings. The molecule has 1 unspecified atom stereocenters. The molecule has 1 atom stereocenters. The summed E-state index contributed by atoms with van der Waals surface area (Å²) in [5.41, 5.74) is 0.0688. The van der Waals surface area contributed by atoms with Gasteiger partial charge in [-0.3, -0.25) is 4.79 Å². The van der Waals surface area contributed by atoms with Gasteiger partial charge in [0.25, 0.3) is 5.91 Å². The number of carbonyl (C=O) groups excluding carboxylic acids is 1. The maximum absolute atomic E-state index is 12.8. The van der Waals surface area contributed by atoms with Gasteiger partial charge in [0.15, 0.2) is 6.10 Å². The van der Waals surface area contributed by atoms with Crippen LogP contribution in [0.1, 0.15) is 51.9 Å². The second-order valence-corrected chi connectivity index (χ2v) is 8.01. The zero-order valence-electron chi connectivity index (χ0n) is 14.0. The molecule has 3 nitrogen and oxygen atoms in total. The Balaban J connectivity index is 1.44. The van der Waals surface area contributed by atoms with Crippen LogP contribution >= 0.6 is 0 Å². The van der Waals surface area contributed by atoms with Crippen molar-refractivity contribution in [1.82, 2.24) is 5.32 Å². The molecule has 124 valence electrons. The lowest BCUT2D eigenvalue weighted by Crippen LogP contribution is -2.61. The van der Waals surface area contributed by atoms with E-state index in [9.17, 15) is 4.79 Å². The highest BCUT2D eigenvalue weighted by molar-refractivity contribution is 5.82. The molecule has 4 fully saturated rings. The van der Waals surface area contributed by atoms with Crippen LogP contribution in [0.5, 0.6) is 5.75 Å². The molecule has 3 heteroatoms. The van der Waals surface area contributed by atoms with E-state index in [1.807, 2.05) is 37.3 Å². The summed E-state index contributed by atoms with van der Waals surface area (Å²) in [6, 6.07) is 9.68. The van der Waals surface area contributed by atoms with Crippen LogP contribution in [0, 0.1) is 17.8 Å². The monoisotopic (exact) mass is 313 g/mol. The summed E-state index contributed by atoms with van der Waals surface area (Å²) in [5.74, 6) is 3.39. The molecule has 1 aromatic carbocycles. The highest BCUT2D eigenvalue weighted by Crippen LogP contribution is 2.55. The van der Waals surface area contributed by atoms with Gasteiger partial charge in [-0.05, 0) is 74.8 Å². The molecule has 23 heavy (non-hydrogen) atoms. The first-order valence-electron chi connectivity index (χ1n) is 9.19. The smallest absolute Gasteiger partial charge is 0.261 e. The number of hydrogen-bond acceptors (Lipinski definition) is 2. The van der Waals surface area contributed by atoms with Gasteiger partial charge in [-0.25, -0.2) is 0 Å². The molecule has 0 aromatic heterocycles. The van der Waals surface area contributed by atoms with E-state index in [-0.39, 0.29) is 17.6 Å². The summed E-state index contributed by atoms with van der Waals surface area (Å²) in [7, 11) is 0. The van der Waals surface area contributed by atoms with Gasteiger partial charge in [0.2, 0.25) is 0 Å².